The van der Waals surface area contributed by atoms with Crippen molar-refractivity contribution in [2.75, 3.05) is 13.2 Å². The van der Waals surface area contributed by atoms with Gasteiger partial charge in [0.1, 0.15) is 18.1 Å². The molecule has 0 saturated carbocycles. The molecule has 1 aliphatic rings. The van der Waals surface area contributed by atoms with E-state index in [-0.39, 0.29) is 17.2 Å². The fraction of sp³-hybridized carbons (Fsp3) is 0.267. The van der Waals surface area contributed by atoms with Crippen LogP contribution < -0.4 is 10.3 Å². The van der Waals surface area contributed by atoms with E-state index in [0.717, 1.165) is 16.0 Å². The molecule has 0 N–H and O–H groups in total. The van der Waals surface area contributed by atoms with Gasteiger partial charge in [-0.1, -0.05) is 18.2 Å². The molecule has 108 valence electrons. The van der Waals surface area contributed by atoms with Crippen LogP contribution in [0.15, 0.2) is 41.2 Å². The summed E-state index contributed by atoms with van der Waals surface area (Å²) in [6.45, 7) is 1.39. The first-order valence-electron chi connectivity index (χ1n) is 6.69. The van der Waals surface area contributed by atoms with Crippen LogP contribution in [-0.4, -0.2) is 33.7 Å². The number of nitrogens with zero attached hydrogens (tertiary/aromatic N) is 3. The molecule has 2 aromatic rings. The van der Waals surface area contributed by atoms with Gasteiger partial charge in [-0.3, -0.25) is 9.59 Å². The maximum absolute atomic E-state index is 12.5. The molecule has 1 aliphatic heterocycles. The number of aryl methyl sites for hydroxylation is 1. The van der Waals surface area contributed by atoms with Gasteiger partial charge in [0.15, 0.2) is 0 Å². The number of rotatable bonds is 1. The Balaban J connectivity index is 1.88. The van der Waals surface area contributed by atoms with Gasteiger partial charge in [-0.15, -0.1) is 0 Å². The second-order valence-electron chi connectivity index (χ2n) is 4.86. The van der Waals surface area contributed by atoms with Gasteiger partial charge in [0, 0.05) is 25.2 Å². The Labute approximate surface area is 121 Å². The minimum atomic E-state index is -0.240. The third-order valence-corrected chi connectivity index (χ3v) is 3.42. The molecule has 1 amide bonds. The number of aromatic nitrogens is 2. The molecular weight excluding hydrogens is 270 g/mol. The zero-order chi connectivity index (χ0) is 14.8. The van der Waals surface area contributed by atoms with Crippen molar-refractivity contribution >= 4 is 5.91 Å². The highest BCUT2D eigenvalue weighted by Gasteiger charge is 2.22. The van der Waals surface area contributed by atoms with Gasteiger partial charge in [-0.25, -0.2) is 4.68 Å². The minimum absolute atomic E-state index is 0.203. The van der Waals surface area contributed by atoms with Crippen molar-refractivity contribution in [2.45, 2.75) is 6.54 Å². The van der Waals surface area contributed by atoms with E-state index in [2.05, 4.69) is 5.10 Å². The van der Waals surface area contributed by atoms with E-state index in [0.29, 0.717) is 19.7 Å². The predicted octanol–water partition coefficient (Wildman–Crippen LogP) is 0.815. The maximum Gasteiger partial charge on any atom is 0.274 e. The van der Waals surface area contributed by atoms with Gasteiger partial charge in [-0.2, -0.15) is 5.10 Å². The molecule has 0 bridgehead atoms. The van der Waals surface area contributed by atoms with E-state index in [4.69, 9.17) is 4.74 Å². The van der Waals surface area contributed by atoms with Crippen LogP contribution in [0.1, 0.15) is 16.1 Å². The summed E-state index contributed by atoms with van der Waals surface area (Å²) in [4.78, 5) is 25.5. The Morgan fingerprint density at radius 1 is 1.24 bits per heavy atom. The van der Waals surface area contributed by atoms with E-state index >= 15 is 0 Å². The number of hydrogen-bond acceptors (Lipinski definition) is 4. The van der Waals surface area contributed by atoms with E-state index in [1.165, 1.54) is 19.2 Å². The summed E-state index contributed by atoms with van der Waals surface area (Å²) in [7, 11) is 1.53. The minimum Gasteiger partial charge on any atom is -0.491 e. The fourth-order valence-electron chi connectivity index (χ4n) is 2.28. The number of amides is 1. The Hall–Kier alpha value is -2.63. The highest BCUT2D eigenvalue weighted by atomic mass is 16.5. The lowest BCUT2D eigenvalue weighted by atomic mass is 10.2. The first-order valence-corrected chi connectivity index (χ1v) is 6.69. The molecule has 1 aromatic carbocycles. The van der Waals surface area contributed by atoms with Crippen LogP contribution in [0.5, 0.6) is 5.75 Å². The molecular formula is C15H15N3O3. The van der Waals surface area contributed by atoms with Gasteiger partial charge in [-0.05, 0) is 12.1 Å². The average molecular weight is 285 g/mol. The standard InChI is InChI=1S/C15H15N3O3/c1-17-14(19)7-6-12(16-17)15(20)18-8-9-21-13-5-3-2-4-11(13)10-18/h2-7H,8-10H2,1H3. The van der Waals surface area contributed by atoms with Gasteiger partial charge < -0.3 is 9.64 Å². The number of carbonyl (C=O) groups is 1. The second-order valence-corrected chi connectivity index (χ2v) is 4.86. The van der Waals surface area contributed by atoms with Crippen molar-refractivity contribution in [1.29, 1.82) is 0 Å². The second kappa shape index (κ2) is 5.40. The molecule has 0 saturated heterocycles. The summed E-state index contributed by atoms with van der Waals surface area (Å²) in [5, 5.41) is 4.01. The zero-order valence-electron chi connectivity index (χ0n) is 11.7. The normalized spacial score (nSPS) is 14.0. The van der Waals surface area contributed by atoms with E-state index in [1.54, 1.807) is 4.90 Å². The molecule has 2 heterocycles. The highest BCUT2D eigenvalue weighted by molar-refractivity contribution is 5.92. The zero-order valence-corrected chi connectivity index (χ0v) is 11.7. The van der Waals surface area contributed by atoms with Gasteiger partial charge >= 0.3 is 0 Å². The first-order chi connectivity index (χ1) is 10.1. The molecule has 6 heteroatoms. The number of carbonyl (C=O) groups excluding carboxylic acids is 1. The van der Waals surface area contributed by atoms with E-state index in [9.17, 15) is 9.59 Å². The summed E-state index contributed by atoms with van der Waals surface area (Å²) in [5.41, 5.74) is 0.987. The SMILES string of the molecule is Cn1nc(C(=O)N2CCOc3ccccc3C2)ccc1=O. The van der Waals surface area contributed by atoms with Crippen LogP contribution in [0, 0.1) is 0 Å². The summed E-state index contributed by atoms with van der Waals surface area (Å²) >= 11 is 0. The van der Waals surface area contributed by atoms with Crippen molar-refractivity contribution < 1.29 is 9.53 Å². The lowest BCUT2D eigenvalue weighted by molar-refractivity contribution is 0.0724. The molecule has 21 heavy (non-hydrogen) atoms. The summed E-state index contributed by atoms with van der Waals surface area (Å²) in [5.74, 6) is 0.604. The Kier molecular flexibility index (Phi) is 3.43. The Bertz CT molecular complexity index is 739. The number of ether oxygens (including phenoxy) is 1. The topological polar surface area (TPSA) is 64.4 Å². The number of fused-ring (bicyclic) bond motifs is 1. The lowest BCUT2D eigenvalue weighted by Crippen LogP contribution is -2.34. The molecule has 0 atom stereocenters. The Morgan fingerprint density at radius 3 is 2.86 bits per heavy atom. The molecule has 1 aromatic heterocycles. The smallest absolute Gasteiger partial charge is 0.274 e. The van der Waals surface area contributed by atoms with Crippen molar-refractivity contribution in [2.24, 2.45) is 7.05 Å². The maximum atomic E-state index is 12.5. The van der Waals surface area contributed by atoms with Crippen LogP contribution in [0.2, 0.25) is 0 Å². The van der Waals surface area contributed by atoms with Crippen LogP contribution in [0.25, 0.3) is 0 Å². The summed E-state index contributed by atoms with van der Waals surface area (Å²) in [6, 6.07) is 10.5. The summed E-state index contributed by atoms with van der Waals surface area (Å²) in [6.07, 6.45) is 0. The van der Waals surface area contributed by atoms with Crippen LogP contribution in [0.4, 0.5) is 0 Å². The summed E-state index contributed by atoms with van der Waals surface area (Å²) < 4.78 is 6.80. The van der Waals surface area contributed by atoms with Gasteiger partial charge in [0.25, 0.3) is 11.5 Å². The van der Waals surface area contributed by atoms with E-state index in [1.807, 2.05) is 24.3 Å². The fourth-order valence-corrected chi connectivity index (χ4v) is 2.28. The van der Waals surface area contributed by atoms with Crippen molar-refractivity contribution in [1.82, 2.24) is 14.7 Å². The molecule has 0 fully saturated rings. The molecule has 0 spiro atoms. The molecule has 0 unspecified atom stereocenters. The van der Waals surface area contributed by atoms with Crippen LogP contribution >= 0.6 is 0 Å². The third-order valence-electron chi connectivity index (χ3n) is 3.42. The number of hydrogen-bond donors (Lipinski definition) is 0. The number of para-hydroxylation sites is 1. The van der Waals surface area contributed by atoms with Crippen molar-refractivity contribution in [3.05, 3.63) is 58.0 Å². The predicted molar refractivity (Wildman–Crippen MR) is 76.2 cm³/mol. The first kappa shape index (κ1) is 13.4. The number of benzene rings is 1. The highest BCUT2D eigenvalue weighted by Crippen LogP contribution is 2.22. The molecule has 0 radical (unpaired) electrons. The largest absolute Gasteiger partial charge is 0.491 e. The monoisotopic (exact) mass is 285 g/mol. The van der Waals surface area contributed by atoms with E-state index < -0.39 is 0 Å². The van der Waals surface area contributed by atoms with Crippen LogP contribution in [0.3, 0.4) is 0 Å². The Morgan fingerprint density at radius 2 is 2.05 bits per heavy atom. The molecule has 3 rings (SSSR count). The third kappa shape index (κ3) is 2.65. The van der Waals surface area contributed by atoms with Gasteiger partial charge in [0.2, 0.25) is 0 Å². The van der Waals surface area contributed by atoms with Crippen molar-refractivity contribution in [3.63, 3.8) is 0 Å². The van der Waals surface area contributed by atoms with Gasteiger partial charge in [0.05, 0.1) is 6.54 Å². The van der Waals surface area contributed by atoms with Crippen molar-refractivity contribution in [3.8, 4) is 5.75 Å². The molecule has 0 aliphatic carbocycles. The molecule has 6 nitrogen and oxygen atoms in total. The lowest BCUT2D eigenvalue weighted by Gasteiger charge is -2.19. The average Bonchev–Trinajstić information content (AvgIpc) is 2.71. The quantitative estimate of drug-likeness (QED) is 0.778. The van der Waals surface area contributed by atoms with Crippen LogP contribution in [-0.2, 0) is 13.6 Å².